The topological polar surface area (TPSA) is 110 Å². The summed E-state index contributed by atoms with van der Waals surface area (Å²) in [5.74, 6) is -0.854. The molecule has 0 spiro atoms. The standard InChI is InChI=1S/C15H18FN5O3S2/c1-8(2)7-17-14-19-20-15(26-14)25-9(3)13(22)18-10-4-5-11(16)12(6-10)21(23)24/h4-6,8-9H,7H2,1-3H3,(H,17,19)(H,18,22). The molecule has 8 nitrogen and oxygen atoms in total. The lowest BCUT2D eigenvalue weighted by molar-refractivity contribution is -0.387. The van der Waals surface area contributed by atoms with Crippen molar-refractivity contribution in [1.82, 2.24) is 10.2 Å². The summed E-state index contributed by atoms with van der Waals surface area (Å²) in [6.45, 7) is 6.62. The van der Waals surface area contributed by atoms with E-state index in [-0.39, 0.29) is 11.6 Å². The van der Waals surface area contributed by atoms with Crippen LogP contribution in [-0.2, 0) is 4.79 Å². The number of thioether (sulfide) groups is 1. The first kappa shape index (κ1) is 20.0. The smallest absolute Gasteiger partial charge is 0.306 e. The van der Waals surface area contributed by atoms with Crippen LogP contribution < -0.4 is 10.6 Å². The minimum atomic E-state index is -0.953. The Labute approximate surface area is 157 Å². The molecule has 2 aromatic rings. The maximum Gasteiger partial charge on any atom is 0.306 e. The lowest BCUT2D eigenvalue weighted by Gasteiger charge is -2.10. The van der Waals surface area contributed by atoms with Crippen molar-refractivity contribution in [1.29, 1.82) is 0 Å². The molecule has 2 rings (SSSR count). The van der Waals surface area contributed by atoms with Crippen LogP contribution in [-0.4, -0.2) is 32.8 Å². The van der Waals surface area contributed by atoms with E-state index in [0.29, 0.717) is 15.4 Å². The third-order valence-electron chi connectivity index (χ3n) is 3.13. The van der Waals surface area contributed by atoms with Gasteiger partial charge in [-0.3, -0.25) is 14.9 Å². The quantitative estimate of drug-likeness (QED) is 0.395. The Bertz CT molecular complexity index is 799. The lowest BCUT2D eigenvalue weighted by Crippen LogP contribution is -2.22. The molecule has 1 atom stereocenters. The predicted octanol–water partition coefficient (Wildman–Crippen LogP) is 3.77. The molecular formula is C15H18FN5O3S2. The number of amides is 1. The Hall–Kier alpha value is -2.27. The Morgan fingerprint density at radius 3 is 2.77 bits per heavy atom. The van der Waals surface area contributed by atoms with Crippen LogP contribution >= 0.6 is 23.1 Å². The number of benzene rings is 1. The van der Waals surface area contributed by atoms with E-state index in [1.54, 1.807) is 6.92 Å². The van der Waals surface area contributed by atoms with Gasteiger partial charge in [0.1, 0.15) is 0 Å². The van der Waals surface area contributed by atoms with Gasteiger partial charge in [0, 0.05) is 18.3 Å². The van der Waals surface area contributed by atoms with E-state index in [9.17, 15) is 19.3 Å². The average Bonchev–Trinajstić information content (AvgIpc) is 3.01. The van der Waals surface area contributed by atoms with Crippen LogP contribution in [0.5, 0.6) is 0 Å². The monoisotopic (exact) mass is 399 g/mol. The van der Waals surface area contributed by atoms with Gasteiger partial charge in [-0.05, 0) is 25.0 Å². The van der Waals surface area contributed by atoms with Crippen LogP contribution in [0.3, 0.4) is 0 Å². The number of nitro groups is 1. The zero-order valence-corrected chi connectivity index (χ0v) is 16.0. The predicted molar refractivity (Wildman–Crippen MR) is 100 cm³/mol. The maximum atomic E-state index is 13.3. The minimum Gasteiger partial charge on any atom is -0.360 e. The van der Waals surface area contributed by atoms with Crippen LogP contribution in [0.2, 0.25) is 0 Å². The van der Waals surface area contributed by atoms with Crippen LogP contribution in [0.15, 0.2) is 22.5 Å². The van der Waals surface area contributed by atoms with Crippen LogP contribution in [0.1, 0.15) is 20.8 Å². The molecule has 1 unspecified atom stereocenters. The number of halogens is 1. The first-order chi connectivity index (χ1) is 12.3. The van der Waals surface area contributed by atoms with E-state index in [2.05, 4.69) is 34.7 Å². The summed E-state index contributed by atoms with van der Waals surface area (Å²) in [5, 5.41) is 24.7. The van der Waals surface area contributed by atoms with Crippen molar-refractivity contribution < 1.29 is 14.1 Å². The van der Waals surface area contributed by atoms with Gasteiger partial charge in [0.15, 0.2) is 4.34 Å². The van der Waals surface area contributed by atoms with Crippen molar-refractivity contribution in [2.75, 3.05) is 17.2 Å². The summed E-state index contributed by atoms with van der Waals surface area (Å²) in [6.07, 6.45) is 0. The average molecular weight is 399 g/mol. The number of anilines is 2. The second-order valence-corrected chi connectivity index (χ2v) is 8.39. The van der Waals surface area contributed by atoms with E-state index in [1.165, 1.54) is 29.2 Å². The molecule has 0 saturated carbocycles. The maximum absolute atomic E-state index is 13.3. The number of nitrogens with zero attached hydrogens (tertiary/aromatic N) is 3. The van der Waals surface area contributed by atoms with E-state index in [1.807, 2.05) is 0 Å². The number of carbonyl (C=O) groups is 1. The Balaban J connectivity index is 1.95. The highest BCUT2D eigenvalue weighted by Crippen LogP contribution is 2.30. The fourth-order valence-electron chi connectivity index (χ4n) is 1.80. The third kappa shape index (κ3) is 5.63. The Morgan fingerprint density at radius 2 is 2.12 bits per heavy atom. The molecule has 0 aliphatic rings. The van der Waals surface area contributed by atoms with Crippen molar-refractivity contribution in [3.63, 3.8) is 0 Å². The van der Waals surface area contributed by atoms with Gasteiger partial charge in [-0.2, -0.15) is 4.39 Å². The second kappa shape index (κ2) is 8.90. The molecule has 26 heavy (non-hydrogen) atoms. The molecule has 0 radical (unpaired) electrons. The van der Waals surface area contributed by atoms with Crippen molar-refractivity contribution in [3.8, 4) is 0 Å². The highest BCUT2D eigenvalue weighted by Gasteiger charge is 2.20. The summed E-state index contributed by atoms with van der Waals surface area (Å²) in [4.78, 5) is 22.2. The van der Waals surface area contributed by atoms with Crippen molar-refractivity contribution in [2.24, 2.45) is 5.92 Å². The molecule has 2 N–H and O–H groups in total. The number of hydrogen-bond acceptors (Lipinski definition) is 8. The molecule has 0 bridgehead atoms. The molecule has 0 saturated heterocycles. The molecule has 0 fully saturated rings. The third-order valence-corrected chi connectivity index (χ3v) is 5.19. The van der Waals surface area contributed by atoms with Gasteiger partial charge in [0.25, 0.3) is 0 Å². The molecule has 0 aliphatic heterocycles. The highest BCUT2D eigenvalue weighted by atomic mass is 32.2. The fraction of sp³-hybridized carbons (Fsp3) is 0.400. The summed E-state index contributed by atoms with van der Waals surface area (Å²) >= 11 is 2.57. The zero-order chi connectivity index (χ0) is 19.3. The van der Waals surface area contributed by atoms with Gasteiger partial charge in [0.2, 0.25) is 16.9 Å². The molecule has 11 heteroatoms. The van der Waals surface area contributed by atoms with E-state index in [4.69, 9.17) is 0 Å². The fourth-order valence-corrected chi connectivity index (χ4v) is 3.70. The van der Waals surface area contributed by atoms with Crippen LogP contribution in [0.4, 0.5) is 20.9 Å². The largest absolute Gasteiger partial charge is 0.360 e. The Morgan fingerprint density at radius 1 is 1.38 bits per heavy atom. The van der Waals surface area contributed by atoms with Gasteiger partial charge in [-0.15, -0.1) is 10.2 Å². The lowest BCUT2D eigenvalue weighted by atomic mass is 10.2. The minimum absolute atomic E-state index is 0.159. The molecule has 140 valence electrons. The first-order valence-corrected chi connectivity index (χ1v) is 9.44. The van der Waals surface area contributed by atoms with Gasteiger partial charge >= 0.3 is 5.69 Å². The van der Waals surface area contributed by atoms with Crippen molar-refractivity contribution in [2.45, 2.75) is 30.4 Å². The summed E-state index contributed by atoms with van der Waals surface area (Å²) in [7, 11) is 0. The number of nitro benzene ring substituents is 1. The molecule has 1 amide bonds. The van der Waals surface area contributed by atoms with E-state index in [0.717, 1.165) is 18.7 Å². The number of rotatable bonds is 8. The summed E-state index contributed by atoms with van der Waals surface area (Å²) in [5.41, 5.74) is -0.528. The first-order valence-electron chi connectivity index (χ1n) is 7.75. The summed E-state index contributed by atoms with van der Waals surface area (Å²) in [6, 6.07) is 3.21. The Kier molecular flexibility index (Phi) is 6.86. The van der Waals surface area contributed by atoms with Gasteiger partial charge in [-0.1, -0.05) is 36.9 Å². The molecule has 1 aromatic carbocycles. The van der Waals surface area contributed by atoms with E-state index < -0.39 is 21.7 Å². The van der Waals surface area contributed by atoms with Crippen LogP contribution in [0, 0.1) is 21.8 Å². The summed E-state index contributed by atoms with van der Waals surface area (Å²) < 4.78 is 14.0. The van der Waals surface area contributed by atoms with Gasteiger partial charge < -0.3 is 10.6 Å². The SMILES string of the molecule is CC(C)CNc1nnc(SC(C)C(=O)Nc2ccc(F)c([N+](=O)[O-])c2)s1. The highest BCUT2D eigenvalue weighted by molar-refractivity contribution is 8.02. The number of aromatic nitrogens is 2. The molecule has 0 aliphatic carbocycles. The molecule has 1 heterocycles. The number of carbonyl (C=O) groups excluding carboxylic acids is 1. The van der Waals surface area contributed by atoms with Crippen molar-refractivity contribution in [3.05, 3.63) is 34.1 Å². The van der Waals surface area contributed by atoms with Crippen LogP contribution in [0.25, 0.3) is 0 Å². The van der Waals surface area contributed by atoms with Gasteiger partial charge in [0.05, 0.1) is 10.2 Å². The second-order valence-electron chi connectivity index (χ2n) is 5.82. The molecule has 1 aromatic heterocycles. The number of hydrogen-bond donors (Lipinski definition) is 2. The zero-order valence-electron chi connectivity index (χ0n) is 14.4. The molecular weight excluding hydrogens is 381 g/mol. The number of nitrogens with one attached hydrogen (secondary N) is 2. The normalized spacial score (nSPS) is 12.0. The van der Waals surface area contributed by atoms with Crippen molar-refractivity contribution >= 4 is 45.5 Å². The van der Waals surface area contributed by atoms with Gasteiger partial charge in [-0.25, -0.2) is 0 Å². The van der Waals surface area contributed by atoms with E-state index >= 15 is 0 Å².